The molecule has 0 spiro atoms. The molecule has 0 radical (unpaired) electrons. The summed E-state index contributed by atoms with van der Waals surface area (Å²) in [6.45, 7) is 5.22. The van der Waals surface area contributed by atoms with E-state index in [1.165, 1.54) is 6.92 Å². The molecule has 0 aromatic rings. The van der Waals surface area contributed by atoms with E-state index < -0.39 is 21.2 Å². The molecular weight excluding hydrogens is 222 g/mol. The van der Waals surface area contributed by atoms with Crippen LogP contribution in [0.25, 0.3) is 0 Å². The highest BCUT2D eigenvalue weighted by atomic mass is 32.2. The highest BCUT2D eigenvalue weighted by Gasteiger charge is 2.28. The Morgan fingerprint density at radius 3 is 2.27 bits per heavy atom. The van der Waals surface area contributed by atoms with Gasteiger partial charge in [0.1, 0.15) is 0 Å². The number of hydrogen-bond acceptors (Lipinski definition) is 5. The summed E-state index contributed by atoms with van der Waals surface area (Å²) in [5.74, 6) is -0.628. The Morgan fingerprint density at radius 1 is 1.33 bits per heavy atom. The van der Waals surface area contributed by atoms with Crippen molar-refractivity contribution in [2.75, 3.05) is 13.7 Å². The van der Waals surface area contributed by atoms with Gasteiger partial charge < -0.3 is 4.74 Å². The predicted molar refractivity (Wildman–Crippen MR) is 54.3 cm³/mol. The summed E-state index contributed by atoms with van der Waals surface area (Å²) in [5, 5.41) is -1.28. The fourth-order valence-corrected chi connectivity index (χ4v) is 1.37. The van der Waals surface area contributed by atoms with Crippen LogP contribution in [0.4, 0.5) is 0 Å². The number of carbonyl (C=O) groups is 1. The number of nitrogens with one attached hydrogen (secondary N) is 1. The van der Waals surface area contributed by atoms with Crippen LogP contribution in [0.3, 0.4) is 0 Å². The van der Waals surface area contributed by atoms with E-state index in [0.29, 0.717) is 0 Å². The van der Waals surface area contributed by atoms with E-state index in [1.807, 2.05) is 18.7 Å². The minimum Gasteiger partial charge on any atom is -0.468 e. The number of esters is 1. The van der Waals surface area contributed by atoms with Crippen molar-refractivity contribution >= 4 is 16.0 Å². The maximum absolute atomic E-state index is 11.4. The lowest BCUT2D eigenvalue weighted by atomic mass is 10.2. The van der Waals surface area contributed by atoms with Crippen LogP contribution in [-0.2, 0) is 24.4 Å². The normalized spacial score (nSPS) is 13.9. The van der Waals surface area contributed by atoms with Gasteiger partial charge in [0, 0.05) is 0 Å². The van der Waals surface area contributed by atoms with Gasteiger partial charge in [-0.05, 0) is 12.8 Å². The van der Waals surface area contributed by atoms with Crippen LogP contribution in [0.2, 0.25) is 0 Å². The number of methoxy groups -OCH3 is 1. The third kappa shape index (κ3) is 5.10. The lowest BCUT2D eigenvalue weighted by Crippen LogP contribution is -2.38. The van der Waals surface area contributed by atoms with Crippen molar-refractivity contribution < 1.29 is 22.8 Å². The largest absolute Gasteiger partial charge is 0.468 e. The third-order valence-corrected chi connectivity index (χ3v) is 3.06. The number of ether oxygens (including phenoxy) is 1. The van der Waals surface area contributed by atoms with Crippen LogP contribution in [0, 0.1) is 5.92 Å². The zero-order valence-corrected chi connectivity index (χ0v) is 10.1. The molecule has 0 saturated heterocycles. The van der Waals surface area contributed by atoms with Gasteiger partial charge in [-0.2, -0.15) is 0 Å². The van der Waals surface area contributed by atoms with Crippen LogP contribution in [0.1, 0.15) is 20.8 Å². The minimum atomic E-state index is -3.81. The number of sulfonamides is 1. The first-order valence-electron chi connectivity index (χ1n) is 4.51. The molecule has 0 bridgehead atoms. The summed E-state index contributed by atoms with van der Waals surface area (Å²) in [4.78, 5) is 17.6. The van der Waals surface area contributed by atoms with E-state index in [0.717, 1.165) is 7.11 Å². The predicted octanol–water partition coefficient (Wildman–Crippen LogP) is 0.0549. The molecule has 0 aromatic heterocycles. The standard InChI is InChI=1S/C8H17NO5S/c1-6(2)5-14-9-15(11,12)7(3)8(10)13-4/h6-7,9H,5H2,1-4H3. The summed E-state index contributed by atoms with van der Waals surface area (Å²) in [6, 6.07) is 0. The summed E-state index contributed by atoms with van der Waals surface area (Å²) < 4.78 is 27.1. The maximum atomic E-state index is 11.4. The van der Waals surface area contributed by atoms with Gasteiger partial charge in [-0.1, -0.05) is 18.7 Å². The fourth-order valence-electron chi connectivity index (χ4n) is 0.648. The Labute approximate surface area is 89.9 Å². The van der Waals surface area contributed by atoms with Gasteiger partial charge in [-0.3, -0.25) is 9.63 Å². The van der Waals surface area contributed by atoms with E-state index in [2.05, 4.69) is 4.74 Å². The molecule has 0 rings (SSSR count). The Kier molecular flexibility index (Phi) is 5.77. The molecule has 0 aromatic carbocycles. The first-order valence-corrected chi connectivity index (χ1v) is 6.06. The Hall–Kier alpha value is -0.660. The first-order chi connectivity index (χ1) is 6.81. The lowest BCUT2D eigenvalue weighted by molar-refractivity contribution is -0.139. The zero-order chi connectivity index (χ0) is 12.1. The molecule has 0 aliphatic heterocycles. The molecule has 1 atom stereocenters. The van der Waals surface area contributed by atoms with Gasteiger partial charge in [-0.25, -0.2) is 8.42 Å². The number of carbonyl (C=O) groups excluding carboxylic acids is 1. The van der Waals surface area contributed by atoms with E-state index in [9.17, 15) is 13.2 Å². The fraction of sp³-hybridized carbons (Fsp3) is 0.875. The van der Waals surface area contributed by atoms with Gasteiger partial charge >= 0.3 is 5.97 Å². The average Bonchev–Trinajstić information content (AvgIpc) is 2.14. The van der Waals surface area contributed by atoms with Crippen molar-refractivity contribution in [2.24, 2.45) is 5.92 Å². The van der Waals surface area contributed by atoms with Crippen molar-refractivity contribution in [1.82, 2.24) is 4.89 Å². The molecule has 1 unspecified atom stereocenters. The molecule has 0 heterocycles. The molecule has 0 aliphatic carbocycles. The summed E-state index contributed by atoms with van der Waals surface area (Å²) in [5.41, 5.74) is 0. The van der Waals surface area contributed by atoms with E-state index in [4.69, 9.17) is 4.84 Å². The van der Waals surface area contributed by atoms with Crippen molar-refractivity contribution in [2.45, 2.75) is 26.0 Å². The van der Waals surface area contributed by atoms with E-state index in [-0.39, 0.29) is 12.5 Å². The van der Waals surface area contributed by atoms with Gasteiger partial charge in [-0.15, -0.1) is 0 Å². The quantitative estimate of drug-likeness (QED) is 0.523. The van der Waals surface area contributed by atoms with E-state index >= 15 is 0 Å². The van der Waals surface area contributed by atoms with Crippen LogP contribution in [-0.4, -0.2) is 33.4 Å². The average molecular weight is 239 g/mol. The number of hydrogen-bond donors (Lipinski definition) is 1. The minimum absolute atomic E-state index is 0.195. The Morgan fingerprint density at radius 2 is 1.87 bits per heavy atom. The molecule has 90 valence electrons. The molecule has 1 N–H and O–H groups in total. The Bertz CT molecular complexity index is 298. The zero-order valence-electron chi connectivity index (χ0n) is 9.31. The lowest BCUT2D eigenvalue weighted by Gasteiger charge is -2.12. The molecule has 6 nitrogen and oxygen atoms in total. The summed E-state index contributed by atoms with van der Waals surface area (Å²) in [6.07, 6.45) is 0. The molecular formula is C8H17NO5S. The maximum Gasteiger partial charge on any atom is 0.325 e. The molecule has 15 heavy (non-hydrogen) atoms. The van der Waals surface area contributed by atoms with Crippen LogP contribution in [0.15, 0.2) is 0 Å². The Balaban J connectivity index is 4.24. The van der Waals surface area contributed by atoms with Crippen molar-refractivity contribution in [3.63, 3.8) is 0 Å². The molecule has 0 amide bonds. The van der Waals surface area contributed by atoms with Crippen molar-refractivity contribution in [1.29, 1.82) is 0 Å². The van der Waals surface area contributed by atoms with E-state index in [1.54, 1.807) is 0 Å². The second-order valence-corrected chi connectivity index (χ2v) is 5.46. The monoisotopic (exact) mass is 239 g/mol. The molecule has 0 aliphatic rings. The topological polar surface area (TPSA) is 81.7 Å². The molecule has 0 saturated carbocycles. The highest BCUT2D eigenvalue weighted by molar-refractivity contribution is 7.90. The van der Waals surface area contributed by atoms with Crippen molar-refractivity contribution in [3.8, 4) is 0 Å². The SMILES string of the molecule is COC(=O)C(C)S(=O)(=O)NOCC(C)C. The summed E-state index contributed by atoms with van der Waals surface area (Å²) in [7, 11) is -2.69. The second-order valence-electron chi connectivity index (χ2n) is 3.50. The van der Waals surface area contributed by atoms with Crippen molar-refractivity contribution in [3.05, 3.63) is 0 Å². The highest BCUT2D eigenvalue weighted by Crippen LogP contribution is 2.01. The van der Waals surface area contributed by atoms with Crippen LogP contribution >= 0.6 is 0 Å². The molecule has 7 heteroatoms. The first kappa shape index (κ1) is 14.3. The van der Waals surface area contributed by atoms with Gasteiger partial charge in [0.05, 0.1) is 13.7 Å². The van der Waals surface area contributed by atoms with Crippen LogP contribution < -0.4 is 4.89 Å². The van der Waals surface area contributed by atoms with Gasteiger partial charge in [0.25, 0.3) is 0 Å². The third-order valence-electron chi connectivity index (χ3n) is 1.59. The smallest absolute Gasteiger partial charge is 0.325 e. The number of rotatable bonds is 6. The van der Waals surface area contributed by atoms with Gasteiger partial charge in [0.2, 0.25) is 10.0 Å². The summed E-state index contributed by atoms with van der Waals surface area (Å²) >= 11 is 0. The van der Waals surface area contributed by atoms with Gasteiger partial charge in [0.15, 0.2) is 5.25 Å². The van der Waals surface area contributed by atoms with Crippen LogP contribution in [0.5, 0.6) is 0 Å². The second kappa shape index (κ2) is 6.04. The molecule has 0 fully saturated rings.